The maximum absolute atomic E-state index is 12.3. The zero-order chi connectivity index (χ0) is 14.1. The van der Waals surface area contributed by atoms with Crippen LogP contribution in [0.15, 0.2) is 29.0 Å². The summed E-state index contributed by atoms with van der Waals surface area (Å²) in [5, 5.41) is 9.99. The van der Waals surface area contributed by atoms with Crippen molar-refractivity contribution in [2.45, 2.75) is 18.9 Å². The fourth-order valence-corrected chi connectivity index (χ4v) is 3.27. The second-order valence-corrected chi connectivity index (χ2v) is 6.21. The van der Waals surface area contributed by atoms with Gasteiger partial charge in [-0.2, -0.15) is 0 Å². The van der Waals surface area contributed by atoms with Gasteiger partial charge in [0.15, 0.2) is 10.8 Å². The van der Waals surface area contributed by atoms with E-state index in [9.17, 15) is 9.90 Å². The van der Waals surface area contributed by atoms with Crippen molar-refractivity contribution >= 4 is 17.2 Å². The van der Waals surface area contributed by atoms with Gasteiger partial charge in [-0.05, 0) is 30.9 Å². The van der Waals surface area contributed by atoms with Crippen LogP contribution in [-0.2, 0) is 0 Å². The molecule has 106 valence electrons. The summed E-state index contributed by atoms with van der Waals surface area (Å²) in [6, 6.07) is 3.62. The standard InChI is InChI=1S/C14H16N2O3S/c1-16(8-9-5-10(17)6-9)14(18)12-7-15-13(20-12)11-3-2-4-19-11/h2-4,7,9-10,17H,5-6,8H2,1H3. The number of hydrogen-bond donors (Lipinski definition) is 1. The molecule has 1 amide bonds. The summed E-state index contributed by atoms with van der Waals surface area (Å²) >= 11 is 1.33. The van der Waals surface area contributed by atoms with Gasteiger partial charge in [0.1, 0.15) is 4.88 Å². The van der Waals surface area contributed by atoms with E-state index in [0.29, 0.717) is 28.1 Å². The molecule has 2 heterocycles. The van der Waals surface area contributed by atoms with E-state index in [-0.39, 0.29) is 12.0 Å². The van der Waals surface area contributed by atoms with Crippen LogP contribution >= 0.6 is 11.3 Å². The SMILES string of the molecule is CN(CC1CC(O)C1)C(=O)c1cnc(-c2ccco2)s1. The average molecular weight is 292 g/mol. The number of thiazole rings is 1. The number of hydrogen-bond acceptors (Lipinski definition) is 5. The molecule has 1 fully saturated rings. The molecule has 1 aliphatic rings. The lowest BCUT2D eigenvalue weighted by molar-refractivity contribution is 0.0266. The maximum atomic E-state index is 12.3. The molecule has 0 aromatic carbocycles. The molecule has 1 saturated carbocycles. The number of amides is 1. The van der Waals surface area contributed by atoms with E-state index < -0.39 is 0 Å². The van der Waals surface area contributed by atoms with Gasteiger partial charge in [-0.1, -0.05) is 0 Å². The fraction of sp³-hybridized carbons (Fsp3) is 0.429. The lowest BCUT2D eigenvalue weighted by Gasteiger charge is -2.34. The van der Waals surface area contributed by atoms with E-state index in [2.05, 4.69) is 4.98 Å². The summed E-state index contributed by atoms with van der Waals surface area (Å²) in [4.78, 5) is 18.8. The van der Waals surface area contributed by atoms with Crippen LogP contribution < -0.4 is 0 Å². The highest BCUT2D eigenvalue weighted by Gasteiger charge is 2.29. The van der Waals surface area contributed by atoms with Crippen molar-refractivity contribution in [1.82, 2.24) is 9.88 Å². The predicted molar refractivity (Wildman–Crippen MR) is 75.5 cm³/mol. The van der Waals surface area contributed by atoms with E-state index in [1.165, 1.54) is 11.3 Å². The second kappa shape index (κ2) is 5.38. The minimum Gasteiger partial charge on any atom is -0.462 e. The van der Waals surface area contributed by atoms with Crippen LogP contribution in [0.25, 0.3) is 10.8 Å². The van der Waals surface area contributed by atoms with Gasteiger partial charge in [-0.15, -0.1) is 11.3 Å². The number of carbonyl (C=O) groups excluding carboxylic acids is 1. The van der Waals surface area contributed by atoms with Crippen molar-refractivity contribution < 1.29 is 14.3 Å². The monoisotopic (exact) mass is 292 g/mol. The zero-order valence-corrected chi connectivity index (χ0v) is 12.0. The first-order valence-corrected chi connectivity index (χ1v) is 7.38. The first-order valence-electron chi connectivity index (χ1n) is 6.56. The first-order chi connectivity index (χ1) is 9.63. The van der Waals surface area contributed by atoms with E-state index in [4.69, 9.17) is 4.42 Å². The number of nitrogens with zero attached hydrogens (tertiary/aromatic N) is 2. The Morgan fingerprint density at radius 1 is 1.60 bits per heavy atom. The quantitative estimate of drug-likeness (QED) is 0.938. The molecular formula is C14H16N2O3S. The van der Waals surface area contributed by atoms with Crippen molar-refractivity contribution in [2.75, 3.05) is 13.6 Å². The summed E-state index contributed by atoms with van der Waals surface area (Å²) in [6.07, 6.45) is 4.58. The van der Waals surface area contributed by atoms with Crippen molar-refractivity contribution in [2.24, 2.45) is 5.92 Å². The lowest BCUT2D eigenvalue weighted by atomic mass is 9.82. The molecule has 1 aliphatic carbocycles. The summed E-state index contributed by atoms with van der Waals surface area (Å²) in [7, 11) is 1.79. The molecule has 0 bridgehead atoms. The molecule has 2 aromatic rings. The number of aliphatic hydroxyl groups is 1. The predicted octanol–water partition coefficient (Wildman–Crippen LogP) is 2.25. The summed E-state index contributed by atoms with van der Waals surface area (Å²) < 4.78 is 5.27. The number of rotatable bonds is 4. The lowest BCUT2D eigenvalue weighted by Crippen LogP contribution is -2.39. The van der Waals surface area contributed by atoms with Crippen LogP contribution in [0.1, 0.15) is 22.5 Å². The Bertz CT molecular complexity index is 587. The Morgan fingerprint density at radius 2 is 2.40 bits per heavy atom. The van der Waals surface area contributed by atoms with Crippen molar-refractivity contribution in [3.05, 3.63) is 29.5 Å². The molecule has 5 nitrogen and oxygen atoms in total. The Morgan fingerprint density at radius 3 is 3.05 bits per heavy atom. The second-order valence-electron chi connectivity index (χ2n) is 5.18. The minimum absolute atomic E-state index is 0.0262. The van der Waals surface area contributed by atoms with Crippen molar-refractivity contribution in [1.29, 1.82) is 0 Å². The molecule has 3 rings (SSSR count). The smallest absolute Gasteiger partial charge is 0.265 e. The van der Waals surface area contributed by atoms with E-state index in [0.717, 1.165) is 12.8 Å². The van der Waals surface area contributed by atoms with E-state index in [1.807, 2.05) is 6.07 Å². The molecule has 2 aromatic heterocycles. The van der Waals surface area contributed by atoms with Crippen LogP contribution in [0.5, 0.6) is 0 Å². The highest BCUT2D eigenvalue weighted by Crippen LogP contribution is 2.29. The van der Waals surface area contributed by atoms with E-state index in [1.54, 1.807) is 30.5 Å². The van der Waals surface area contributed by atoms with Crippen LogP contribution in [0.2, 0.25) is 0 Å². The Kier molecular flexibility index (Phi) is 3.58. The topological polar surface area (TPSA) is 66.6 Å². The Hall–Kier alpha value is -1.66. The van der Waals surface area contributed by atoms with Gasteiger partial charge in [-0.25, -0.2) is 4.98 Å². The Balaban J connectivity index is 1.65. The minimum atomic E-state index is -0.183. The van der Waals surface area contributed by atoms with Gasteiger partial charge >= 0.3 is 0 Å². The molecule has 6 heteroatoms. The van der Waals surface area contributed by atoms with Gasteiger partial charge in [-0.3, -0.25) is 4.79 Å². The first kappa shape index (κ1) is 13.3. The van der Waals surface area contributed by atoms with Crippen LogP contribution in [0.4, 0.5) is 0 Å². The molecule has 0 unspecified atom stereocenters. The summed E-state index contributed by atoms with van der Waals surface area (Å²) in [6.45, 7) is 0.684. The number of carbonyl (C=O) groups is 1. The van der Waals surface area contributed by atoms with Gasteiger partial charge < -0.3 is 14.4 Å². The molecular weight excluding hydrogens is 276 g/mol. The highest BCUT2D eigenvalue weighted by atomic mass is 32.1. The normalized spacial score (nSPS) is 21.5. The molecule has 0 aliphatic heterocycles. The third-order valence-corrected chi connectivity index (χ3v) is 4.54. The van der Waals surface area contributed by atoms with Gasteiger partial charge in [0.05, 0.1) is 18.6 Å². The molecule has 0 saturated heterocycles. The molecule has 1 N–H and O–H groups in total. The molecule has 0 spiro atoms. The van der Waals surface area contributed by atoms with Crippen molar-refractivity contribution in [3.63, 3.8) is 0 Å². The van der Waals surface area contributed by atoms with E-state index >= 15 is 0 Å². The summed E-state index contributed by atoms with van der Waals surface area (Å²) in [5.41, 5.74) is 0. The van der Waals surface area contributed by atoms with Crippen LogP contribution in [-0.4, -0.2) is 40.6 Å². The van der Waals surface area contributed by atoms with Gasteiger partial charge in [0, 0.05) is 13.6 Å². The number of aliphatic hydroxyl groups excluding tert-OH is 1. The Labute approximate surface area is 120 Å². The number of aromatic nitrogens is 1. The van der Waals surface area contributed by atoms with Gasteiger partial charge in [0.2, 0.25) is 0 Å². The summed E-state index contributed by atoms with van der Waals surface area (Å²) in [5.74, 6) is 1.07. The number of furan rings is 1. The third kappa shape index (κ3) is 2.62. The van der Waals surface area contributed by atoms with Crippen LogP contribution in [0.3, 0.4) is 0 Å². The van der Waals surface area contributed by atoms with Gasteiger partial charge in [0.25, 0.3) is 5.91 Å². The largest absolute Gasteiger partial charge is 0.462 e. The highest BCUT2D eigenvalue weighted by molar-refractivity contribution is 7.16. The van der Waals surface area contributed by atoms with Crippen molar-refractivity contribution in [3.8, 4) is 10.8 Å². The third-order valence-electron chi connectivity index (χ3n) is 3.54. The average Bonchev–Trinajstić information content (AvgIpc) is 3.06. The fourth-order valence-electron chi connectivity index (χ4n) is 2.40. The molecule has 20 heavy (non-hydrogen) atoms. The maximum Gasteiger partial charge on any atom is 0.265 e. The molecule has 0 radical (unpaired) electrons. The zero-order valence-electron chi connectivity index (χ0n) is 11.2. The molecule has 0 atom stereocenters. The van der Waals surface area contributed by atoms with Crippen LogP contribution in [0, 0.1) is 5.92 Å².